The fraction of sp³-hybridized carbons (Fsp3) is 0.480. The number of carbonyl (C=O) groups excluding carboxylic acids is 1. The molecule has 5 heteroatoms. The molecule has 1 saturated carbocycles. The Morgan fingerprint density at radius 2 is 1.40 bits per heavy atom. The van der Waals surface area contributed by atoms with Crippen molar-refractivity contribution in [2.24, 2.45) is 5.92 Å². The summed E-state index contributed by atoms with van der Waals surface area (Å²) in [6.07, 6.45) is 7.61. The fourth-order valence-corrected chi connectivity index (χ4v) is 6.08. The van der Waals surface area contributed by atoms with E-state index in [0.29, 0.717) is 18.1 Å². The Hall–Kier alpha value is -1.55. The lowest BCUT2D eigenvalue weighted by molar-refractivity contribution is -0.129. The number of nitrogens with one attached hydrogen (secondary N) is 1. The summed E-state index contributed by atoms with van der Waals surface area (Å²) in [5, 5.41) is 4.82. The first-order chi connectivity index (χ1) is 14.6. The molecule has 30 heavy (non-hydrogen) atoms. The van der Waals surface area contributed by atoms with Gasteiger partial charge in [0.2, 0.25) is 5.91 Å². The molecular formula is C25H28Cl2N2O. The zero-order valence-corrected chi connectivity index (χ0v) is 18.6. The molecule has 2 aliphatic heterocycles. The monoisotopic (exact) mass is 442 g/mol. The molecule has 1 N–H and O–H groups in total. The van der Waals surface area contributed by atoms with Crippen molar-refractivity contribution in [2.75, 3.05) is 0 Å². The number of hydrogen-bond donors (Lipinski definition) is 1. The lowest BCUT2D eigenvalue weighted by Crippen LogP contribution is -2.50. The average molecular weight is 443 g/mol. The standard InChI is InChI=1S/C25H28Cl2N2O/c26-22-10-3-1-8-20(22)24(21-9-2-4-11-23(21)27)29-18-12-13-19(29)15-16(14-18)25(30)28-17-6-5-7-17/h1-4,8-11,16-19,24H,5-7,12-15H2,(H,28,30). The summed E-state index contributed by atoms with van der Waals surface area (Å²) in [6, 6.07) is 17.4. The fourth-order valence-electron chi connectivity index (χ4n) is 5.60. The van der Waals surface area contributed by atoms with E-state index in [4.69, 9.17) is 23.2 Å². The summed E-state index contributed by atoms with van der Waals surface area (Å²) in [5.41, 5.74) is 2.20. The molecule has 2 unspecified atom stereocenters. The highest BCUT2D eigenvalue weighted by atomic mass is 35.5. The van der Waals surface area contributed by atoms with Gasteiger partial charge in [0.05, 0.1) is 6.04 Å². The van der Waals surface area contributed by atoms with Gasteiger partial charge >= 0.3 is 0 Å². The summed E-state index contributed by atoms with van der Waals surface area (Å²) in [7, 11) is 0. The Balaban J connectivity index is 1.45. The number of halogens is 2. The Morgan fingerprint density at radius 1 is 0.867 bits per heavy atom. The molecule has 2 aromatic rings. The number of rotatable bonds is 5. The number of nitrogens with zero attached hydrogens (tertiary/aromatic N) is 1. The number of carbonyl (C=O) groups is 1. The van der Waals surface area contributed by atoms with Gasteiger partial charge in [-0.1, -0.05) is 59.6 Å². The van der Waals surface area contributed by atoms with Crippen LogP contribution in [0.4, 0.5) is 0 Å². The van der Waals surface area contributed by atoms with Crippen molar-refractivity contribution in [1.82, 2.24) is 10.2 Å². The van der Waals surface area contributed by atoms with Crippen LogP contribution in [0.3, 0.4) is 0 Å². The average Bonchev–Trinajstić information content (AvgIpc) is 2.96. The molecule has 3 nitrogen and oxygen atoms in total. The summed E-state index contributed by atoms with van der Waals surface area (Å²) in [4.78, 5) is 15.5. The molecule has 2 atom stereocenters. The van der Waals surface area contributed by atoms with Gasteiger partial charge in [0.15, 0.2) is 0 Å². The third-order valence-electron chi connectivity index (χ3n) is 7.31. The van der Waals surface area contributed by atoms with E-state index in [-0.39, 0.29) is 17.9 Å². The van der Waals surface area contributed by atoms with E-state index in [1.54, 1.807) is 0 Å². The Kier molecular flexibility index (Phi) is 5.79. The van der Waals surface area contributed by atoms with Gasteiger partial charge in [0.25, 0.3) is 0 Å². The van der Waals surface area contributed by atoms with Crippen molar-refractivity contribution in [3.63, 3.8) is 0 Å². The lowest BCUT2D eigenvalue weighted by Gasteiger charge is -2.44. The first-order valence-electron chi connectivity index (χ1n) is 11.2. The lowest BCUT2D eigenvalue weighted by atomic mass is 9.85. The van der Waals surface area contributed by atoms with Gasteiger partial charge in [-0.25, -0.2) is 0 Å². The molecule has 5 rings (SSSR count). The van der Waals surface area contributed by atoms with Crippen LogP contribution in [0.5, 0.6) is 0 Å². The molecule has 2 heterocycles. The number of hydrogen-bond acceptors (Lipinski definition) is 2. The maximum atomic E-state index is 12.9. The van der Waals surface area contributed by atoms with Gasteiger partial charge in [-0.2, -0.15) is 0 Å². The predicted molar refractivity (Wildman–Crippen MR) is 122 cm³/mol. The second kappa shape index (κ2) is 8.53. The van der Waals surface area contributed by atoms with Gasteiger partial charge < -0.3 is 5.32 Å². The van der Waals surface area contributed by atoms with E-state index < -0.39 is 0 Å². The zero-order chi connectivity index (χ0) is 20.7. The zero-order valence-electron chi connectivity index (χ0n) is 17.1. The van der Waals surface area contributed by atoms with E-state index in [0.717, 1.165) is 59.7 Å². The van der Waals surface area contributed by atoms with E-state index >= 15 is 0 Å². The largest absolute Gasteiger partial charge is 0.353 e. The molecule has 1 amide bonds. The maximum Gasteiger partial charge on any atom is 0.223 e. The quantitative estimate of drug-likeness (QED) is 0.615. The third kappa shape index (κ3) is 3.77. The SMILES string of the molecule is O=C(NC1CCC1)C1CC2CCC(C1)N2C(c1ccccc1Cl)c1ccccc1Cl. The summed E-state index contributed by atoms with van der Waals surface area (Å²) in [5.74, 6) is 0.390. The molecule has 3 fully saturated rings. The van der Waals surface area contributed by atoms with Gasteiger partial charge in [0.1, 0.15) is 0 Å². The van der Waals surface area contributed by atoms with Crippen molar-refractivity contribution >= 4 is 29.1 Å². The van der Waals surface area contributed by atoms with Crippen molar-refractivity contribution in [3.8, 4) is 0 Å². The van der Waals surface area contributed by atoms with Gasteiger partial charge in [-0.3, -0.25) is 9.69 Å². The van der Waals surface area contributed by atoms with E-state index in [9.17, 15) is 4.79 Å². The molecule has 1 aliphatic carbocycles. The minimum absolute atomic E-state index is 0.0144. The second-order valence-corrected chi connectivity index (χ2v) is 9.90. The molecule has 3 aliphatic rings. The minimum atomic E-state index is 0.0144. The van der Waals surface area contributed by atoms with Crippen LogP contribution in [0.15, 0.2) is 48.5 Å². The third-order valence-corrected chi connectivity index (χ3v) is 8.00. The van der Waals surface area contributed by atoms with E-state index in [2.05, 4.69) is 22.3 Å². The Labute approximate surface area is 188 Å². The van der Waals surface area contributed by atoms with Crippen molar-refractivity contribution in [2.45, 2.75) is 69.1 Å². The van der Waals surface area contributed by atoms with Crippen LogP contribution in [0.2, 0.25) is 10.0 Å². The molecule has 2 bridgehead atoms. The van der Waals surface area contributed by atoms with Crippen LogP contribution in [-0.2, 0) is 4.79 Å². The molecule has 2 aromatic carbocycles. The normalized spacial score (nSPS) is 26.6. The molecule has 0 radical (unpaired) electrons. The van der Waals surface area contributed by atoms with Crippen LogP contribution >= 0.6 is 23.2 Å². The Bertz CT molecular complexity index is 869. The minimum Gasteiger partial charge on any atom is -0.353 e. The van der Waals surface area contributed by atoms with Gasteiger partial charge in [-0.15, -0.1) is 0 Å². The van der Waals surface area contributed by atoms with Crippen molar-refractivity contribution in [1.29, 1.82) is 0 Å². The highest BCUT2D eigenvalue weighted by Crippen LogP contribution is 2.48. The van der Waals surface area contributed by atoms with Crippen molar-refractivity contribution < 1.29 is 4.79 Å². The smallest absolute Gasteiger partial charge is 0.223 e. The Morgan fingerprint density at radius 3 is 1.87 bits per heavy atom. The molecule has 158 valence electrons. The molecule has 0 spiro atoms. The van der Waals surface area contributed by atoms with Crippen LogP contribution in [0, 0.1) is 5.92 Å². The number of fused-ring (bicyclic) bond motifs is 2. The molecule has 2 saturated heterocycles. The van der Waals surface area contributed by atoms with Crippen LogP contribution in [-0.4, -0.2) is 28.9 Å². The van der Waals surface area contributed by atoms with Gasteiger partial charge in [0, 0.05) is 34.1 Å². The van der Waals surface area contributed by atoms with Crippen LogP contribution < -0.4 is 5.32 Å². The first kappa shape index (κ1) is 20.4. The van der Waals surface area contributed by atoms with Crippen LogP contribution in [0.1, 0.15) is 62.1 Å². The maximum absolute atomic E-state index is 12.9. The highest BCUT2D eigenvalue weighted by molar-refractivity contribution is 6.32. The summed E-state index contributed by atoms with van der Waals surface area (Å²) < 4.78 is 0. The second-order valence-electron chi connectivity index (χ2n) is 9.08. The number of benzene rings is 2. The molecular weight excluding hydrogens is 415 g/mol. The summed E-state index contributed by atoms with van der Waals surface area (Å²) >= 11 is 13.4. The highest BCUT2D eigenvalue weighted by Gasteiger charge is 2.47. The first-order valence-corrected chi connectivity index (χ1v) is 11.9. The van der Waals surface area contributed by atoms with Gasteiger partial charge in [-0.05, 0) is 68.2 Å². The number of amides is 1. The van der Waals surface area contributed by atoms with E-state index in [1.807, 2.05) is 36.4 Å². The number of piperidine rings is 1. The van der Waals surface area contributed by atoms with Crippen molar-refractivity contribution in [3.05, 3.63) is 69.7 Å². The predicted octanol–water partition coefficient (Wildman–Crippen LogP) is 5.99. The topological polar surface area (TPSA) is 32.3 Å². The molecule has 0 aromatic heterocycles. The van der Waals surface area contributed by atoms with E-state index in [1.165, 1.54) is 6.42 Å². The van der Waals surface area contributed by atoms with Crippen LogP contribution in [0.25, 0.3) is 0 Å². The summed E-state index contributed by atoms with van der Waals surface area (Å²) in [6.45, 7) is 0.